The van der Waals surface area contributed by atoms with E-state index in [0.29, 0.717) is 26.1 Å². The van der Waals surface area contributed by atoms with Gasteiger partial charge in [0, 0.05) is 25.1 Å². The van der Waals surface area contributed by atoms with Gasteiger partial charge < -0.3 is 20.1 Å². The van der Waals surface area contributed by atoms with Crippen LogP contribution in [0.3, 0.4) is 0 Å². The summed E-state index contributed by atoms with van der Waals surface area (Å²) in [5.74, 6) is -0.0363. The normalized spacial score (nSPS) is 20.4. The maximum atomic E-state index is 12.9. The Kier molecular flexibility index (Phi) is 5.27. The minimum absolute atomic E-state index is 0.0697. The van der Waals surface area contributed by atoms with Gasteiger partial charge in [0.1, 0.15) is 11.8 Å². The lowest BCUT2D eigenvalue weighted by Gasteiger charge is -2.29. The van der Waals surface area contributed by atoms with Crippen LogP contribution in [0.5, 0.6) is 5.75 Å². The van der Waals surface area contributed by atoms with Gasteiger partial charge in [0.25, 0.3) is 0 Å². The lowest BCUT2D eigenvalue weighted by atomic mass is 10.0. The van der Waals surface area contributed by atoms with Crippen molar-refractivity contribution in [2.24, 2.45) is 5.92 Å². The predicted octanol–water partition coefficient (Wildman–Crippen LogP) is 1.81. The number of likely N-dealkylation sites (tertiary alicyclic amines) is 1. The molecule has 0 aromatic heterocycles. The second-order valence-electron chi connectivity index (χ2n) is 7.13. The number of hydrogen-bond acceptors (Lipinski definition) is 4. The number of carboxylic acids is 1. The molecule has 2 aliphatic heterocycles. The highest BCUT2D eigenvalue weighted by atomic mass is 16.5. The number of fused-ring (bicyclic) bond motifs is 1. The summed E-state index contributed by atoms with van der Waals surface area (Å²) in [5, 5.41) is 12.7. The molecule has 6 nitrogen and oxygen atoms in total. The fraction of sp³-hybridized carbons (Fsp3) is 0.579. The molecule has 2 heterocycles. The first kappa shape index (κ1) is 17.7. The molecule has 1 aromatic rings. The smallest absolute Gasteiger partial charge is 0.326 e. The third-order valence-corrected chi connectivity index (χ3v) is 5.06. The number of para-hydroxylation sites is 1. The quantitative estimate of drug-likeness (QED) is 0.821. The summed E-state index contributed by atoms with van der Waals surface area (Å²) in [6, 6.07) is 4.99. The minimum Gasteiger partial charge on any atom is -0.493 e. The van der Waals surface area contributed by atoms with E-state index in [2.05, 4.69) is 11.4 Å². The largest absolute Gasteiger partial charge is 0.493 e. The maximum Gasteiger partial charge on any atom is 0.326 e. The van der Waals surface area contributed by atoms with Crippen LogP contribution in [-0.2, 0) is 22.6 Å². The Labute approximate surface area is 148 Å². The molecule has 6 heteroatoms. The number of carbonyl (C=O) groups excluding carboxylic acids is 1. The van der Waals surface area contributed by atoms with Gasteiger partial charge in [-0.3, -0.25) is 4.79 Å². The number of rotatable bonds is 6. The highest BCUT2D eigenvalue weighted by Crippen LogP contribution is 2.29. The second-order valence-corrected chi connectivity index (χ2v) is 7.13. The molecule has 2 aliphatic rings. The topological polar surface area (TPSA) is 78.9 Å². The van der Waals surface area contributed by atoms with Crippen LogP contribution in [0.1, 0.15) is 37.8 Å². The highest BCUT2D eigenvalue weighted by molar-refractivity contribution is 5.87. The lowest BCUT2D eigenvalue weighted by Crippen LogP contribution is -2.52. The molecule has 0 aliphatic carbocycles. The van der Waals surface area contributed by atoms with Crippen molar-refractivity contribution in [1.29, 1.82) is 0 Å². The Hall–Kier alpha value is -2.08. The summed E-state index contributed by atoms with van der Waals surface area (Å²) in [7, 11) is 0. The third-order valence-electron chi connectivity index (χ3n) is 5.06. The van der Waals surface area contributed by atoms with E-state index in [0.717, 1.165) is 24.2 Å². The summed E-state index contributed by atoms with van der Waals surface area (Å²) in [4.78, 5) is 25.8. The average molecular weight is 346 g/mol. The molecule has 1 amide bonds. The molecule has 2 N–H and O–H groups in total. The van der Waals surface area contributed by atoms with Crippen LogP contribution in [0.2, 0.25) is 0 Å². The number of benzene rings is 1. The zero-order valence-electron chi connectivity index (χ0n) is 14.8. The van der Waals surface area contributed by atoms with E-state index in [-0.39, 0.29) is 11.8 Å². The van der Waals surface area contributed by atoms with Crippen molar-refractivity contribution in [1.82, 2.24) is 10.2 Å². The van der Waals surface area contributed by atoms with Crippen molar-refractivity contribution < 1.29 is 19.4 Å². The zero-order valence-corrected chi connectivity index (χ0v) is 14.8. The van der Waals surface area contributed by atoms with Crippen molar-refractivity contribution >= 4 is 11.9 Å². The number of nitrogens with one attached hydrogen (secondary N) is 1. The molecular formula is C19H26N2O4. The van der Waals surface area contributed by atoms with Gasteiger partial charge in [-0.25, -0.2) is 4.79 Å². The van der Waals surface area contributed by atoms with E-state index >= 15 is 0 Å². The molecule has 0 radical (unpaired) electrons. The molecule has 3 rings (SSSR count). The van der Waals surface area contributed by atoms with Gasteiger partial charge in [-0.15, -0.1) is 0 Å². The number of carboxylic acid groups (broad SMARTS) is 1. The van der Waals surface area contributed by atoms with Crippen LogP contribution < -0.4 is 10.1 Å². The Morgan fingerprint density at radius 1 is 1.40 bits per heavy atom. The Morgan fingerprint density at radius 2 is 2.20 bits per heavy atom. The first-order valence-corrected chi connectivity index (χ1v) is 8.99. The first-order chi connectivity index (χ1) is 12.0. The van der Waals surface area contributed by atoms with Gasteiger partial charge >= 0.3 is 5.97 Å². The van der Waals surface area contributed by atoms with Gasteiger partial charge in [-0.2, -0.15) is 0 Å². The predicted molar refractivity (Wildman–Crippen MR) is 93.5 cm³/mol. The molecule has 0 spiro atoms. The van der Waals surface area contributed by atoms with Gasteiger partial charge in [0.15, 0.2) is 0 Å². The second kappa shape index (κ2) is 7.44. The summed E-state index contributed by atoms with van der Waals surface area (Å²) >= 11 is 0. The van der Waals surface area contributed by atoms with E-state index in [4.69, 9.17) is 4.74 Å². The summed E-state index contributed by atoms with van der Waals surface area (Å²) < 4.78 is 5.72. The summed E-state index contributed by atoms with van der Waals surface area (Å²) in [6.45, 7) is 5.71. The van der Waals surface area contributed by atoms with Crippen LogP contribution in [0.25, 0.3) is 0 Å². The van der Waals surface area contributed by atoms with Crippen molar-refractivity contribution in [3.05, 3.63) is 29.3 Å². The van der Waals surface area contributed by atoms with Crippen LogP contribution in [0, 0.1) is 5.92 Å². The van der Waals surface area contributed by atoms with Crippen LogP contribution in [0.4, 0.5) is 0 Å². The van der Waals surface area contributed by atoms with Crippen molar-refractivity contribution in [2.45, 2.75) is 51.7 Å². The fourth-order valence-electron chi connectivity index (χ4n) is 3.72. The van der Waals surface area contributed by atoms with Crippen LogP contribution >= 0.6 is 0 Å². The Morgan fingerprint density at radius 3 is 2.92 bits per heavy atom. The van der Waals surface area contributed by atoms with Gasteiger partial charge in [-0.05, 0) is 24.3 Å². The monoisotopic (exact) mass is 346 g/mol. The van der Waals surface area contributed by atoms with Gasteiger partial charge in [-0.1, -0.05) is 32.0 Å². The highest BCUT2D eigenvalue weighted by Gasteiger charge is 2.37. The lowest BCUT2D eigenvalue weighted by molar-refractivity contribution is -0.149. The maximum absolute atomic E-state index is 12.9. The Balaban J connectivity index is 1.71. The molecule has 0 saturated carbocycles. The molecule has 136 valence electrons. The molecule has 2 atom stereocenters. The van der Waals surface area contributed by atoms with Crippen molar-refractivity contribution in [2.75, 3.05) is 13.2 Å². The molecule has 1 saturated heterocycles. The number of hydrogen-bond donors (Lipinski definition) is 2. The first-order valence-electron chi connectivity index (χ1n) is 8.99. The van der Waals surface area contributed by atoms with Crippen LogP contribution in [-0.4, -0.2) is 47.1 Å². The third kappa shape index (κ3) is 3.63. The number of aliphatic carboxylic acids is 1. The van der Waals surface area contributed by atoms with Crippen molar-refractivity contribution in [3.63, 3.8) is 0 Å². The number of ether oxygens (including phenoxy) is 1. The molecule has 0 unspecified atom stereocenters. The van der Waals surface area contributed by atoms with E-state index in [1.807, 2.05) is 26.0 Å². The molecule has 0 bridgehead atoms. The number of amides is 1. The number of carbonyl (C=O) groups is 2. The number of nitrogens with zero attached hydrogens (tertiary/aromatic N) is 1. The SMILES string of the molecule is CC(C)[C@H](NCc1cccc2c1OCC2)C(=O)N1CCC[C@H]1C(=O)O. The molecular weight excluding hydrogens is 320 g/mol. The standard InChI is InChI=1S/C19H26N2O4/c1-12(2)16(18(22)21-9-4-7-15(21)19(23)24)20-11-14-6-3-5-13-8-10-25-17(13)14/h3,5-6,12,15-16,20H,4,7-11H2,1-2H3,(H,23,24)/t15-,16-/m0/s1. The Bertz CT molecular complexity index is 659. The zero-order chi connectivity index (χ0) is 18.0. The molecule has 1 aromatic carbocycles. The average Bonchev–Trinajstić information content (AvgIpc) is 3.23. The van der Waals surface area contributed by atoms with E-state index in [1.54, 1.807) is 0 Å². The van der Waals surface area contributed by atoms with Gasteiger partial charge in [0.2, 0.25) is 5.91 Å². The van der Waals surface area contributed by atoms with Crippen LogP contribution in [0.15, 0.2) is 18.2 Å². The summed E-state index contributed by atoms with van der Waals surface area (Å²) in [6.07, 6.45) is 2.20. The molecule has 25 heavy (non-hydrogen) atoms. The van der Waals surface area contributed by atoms with E-state index in [1.165, 1.54) is 10.5 Å². The fourth-order valence-corrected chi connectivity index (χ4v) is 3.72. The summed E-state index contributed by atoms with van der Waals surface area (Å²) in [5.41, 5.74) is 2.25. The van der Waals surface area contributed by atoms with E-state index in [9.17, 15) is 14.7 Å². The van der Waals surface area contributed by atoms with Gasteiger partial charge in [0.05, 0.1) is 12.6 Å². The minimum atomic E-state index is -0.914. The van der Waals surface area contributed by atoms with E-state index < -0.39 is 18.1 Å². The van der Waals surface area contributed by atoms with Crippen molar-refractivity contribution in [3.8, 4) is 5.75 Å². The molecule has 1 fully saturated rings.